The van der Waals surface area contributed by atoms with Crippen molar-refractivity contribution in [2.75, 3.05) is 13.1 Å². The molecule has 0 spiro atoms. The quantitative estimate of drug-likeness (QED) is 0.527. The van der Waals surface area contributed by atoms with Gasteiger partial charge in [-0.25, -0.2) is 0 Å². The number of allylic oxidation sites excluding steroid dienone is 2. The van der Waals surface area contributed by atoms with Gasteiger partial charge in [0, 0.05) is 0 Å². The Morgan fingerprint density at radius 1 is 1.27 bits per heavy atom. The highest BCUT2D eigenvalue weighted by atomic mass is 14.8. The normalized spacial score (nSPS) is 31.2. The Morgan fingerprint density at radius 2 is 2.09 bits per heavy atom. The van der Waals surface area contributed by atoms with Crippen LogP contribution in [0.25, 0.3) is 0 Å². The molecule has 1 rings (SSSR count). The second-order valence-electron chi connectivity index (χ2n) is 3.50. The van der Waals surface area contributed by atoms with Gasteiger partial charge in [0.2, 0.25) is 0 Å². The molecule has 11 heavy (non-hydrogen) atoms. The summed E-state index contributed by atoms with van der Waals surface area (Å²) in [4.78, 5) is 0. The van der Waals surface area contributed by atoms with Crippen LogP contribution in [0.5, 0.6) is 0 Å². The van der Waals surface area contributed by atoms with Crippen molar-refractivity contribution in [2.45, 2.75) is 32.6 Å². The van der Waals surface area contributed by atoms with Crippen molar-refractivity contribution in [2.24, 2.45) is 5.92 Å². The lowest BCUT2D eigenvalue weighted by atomic mass is 10.0. The lowest BCUT2D eigenvalue weighted by molar-refractivity contribution is 0.478. The summed E-state index contributed by atoms with van der Waals surface area (Å²) in [5.41, 5.74) is 0. The van der Waals surface area contributed by atoms with E-state index in [0.29, 0.717) is 0 Å². The van der Waals surface area contributed by atoms with E-state index in [2.05, 4.69) is 24.4 Å². The maximum Gasteiger partial charge on any atom is -0.00230 e. The van der Waals surface area contributed by atoms with Crippen LogP contribution in [-0.4, -0.2) is 13.1 Å². The van der Waals surface area contributed by atoms with Gasteiger partial charge < -0.3 is 5.32 Å². The maximum atomic E-state index is 3.47. The predicted molar refractivity (Wildman–Crippen MR) is 49.6 cm³/mol. The van der Waals surface area contributed by atoms with Crippen molar-refractivity contribution >= 4 is 0 Å². The summed E-state index contributed by atoms with van der Waals surface area (Å²) in [6.07, 6.45) is 9.80. The van der Waals surface area contributed by atoms with Crippen molar-refractivity contribution in [3.8, 4) is 0 Å². The van der Waals surface area contributed by atoms with Gasteiger partial charge in [-0.2, -0.15) is 0 Å². The zero-order chi connectivity index (χ0) is 7.94. The molecule has 0 aromatic heterocycles. The Labute approximate surface area is 69.9 Å². The minimum Gasteiger partial charge on any atom is -0.316 e. The number of hydrogen-bond donors (Lipinski definition) is 1. The SMILES string of the molecule is C[C@H]1CC/C=C/CCCNC1. The van der Waals surface area contributed by atoms with E-state index in [1.54, 1.807) is 0 Å². The molecule has 0 saturated heterocycles. The van der Waals surface area contributed by atoms with Gasteiger partial charge in [-0.1, -0.05) is 19.1 Å². The van der Waals surface area contributed by atoms with Crippen molar-refractivity contribution < 1.29 is 0 Å². The van der Waals surface area contributed by atoms with Gasteiger partial charge in [-0.15, -0.1) is 0 Å². The minimum atomic E-state index is 0.845. The molecule has 0 bridgehead atoms. The molecular weight excluding hydrogens is 134 g/mol. The van der Waals surface area contributed by atoms with E-state index in [-0.39, 0.29) is 0 Å². The van der Waals surface area contributed by atoms with Gasteiger partial charge in [0.15, 0.2) is 0 Å². The van der Waals surface area contributed by atoms with Gasteiger partial charge in [0.1, 0.15) is 0 Å². The highest BCUT2D eigenvalue weighted by Crippen LogP contribution is 2.06. The topological polar surface area (TPSA) is 12.0 Å². The van der Waals surface area contributed by atoms with Crippen LogP contribution >= 0.6 is 0 Å². The van der Waals surface area contributed by atoms with E-state index in [1.165, 1.54) is 38.8 Å². The van der Waals surface area contributed by atoms with E-state index in [1.807, 2.05) is 0 Å². The predicted octanol–water partition coefficient (Wildman–Crippen LogP) is 2.34. The first-order chi connectivity index (χ1) is 5.39. The highest BCUT2D eigenvalue weighted by molar-refractivity contribution is 4.83. The Hall–Kier alpha value is -0.300. The standard InChI is InChI=1S/C10H19N/c1-10-7-5-3-2-4-6-8-11-9-10/h2-3,10-11H,4-9H2,1H3/b3-2+/t10-/m0/s1. The Bertz CT molecular complexity index is 118. The first-order valence-electron chi connectivity index (χ1n) is 4.75. The largest absolute Gasteiger partial charge is 0.316 e. The summed E-state index contributed by atoms with van der Waals surface area (Å²) < 4.78 is 0. The van der Waals surface area contributed by atoms with Crippen LogP contribution in [-0.2, 0) is 0 Å². The summed E-state index contributed by atoms with van der Waals surface area (Å²) in [5, 5.41) is 3.47. The molecule has 0 amide bonds. The fourth-order valence-electron chi connectivity index (χ4n) is 1.41. The van der Waals surface area contributed by atoms with Gasteiger partial charge in [-0.05, 0) is 44.7 Å². The molecule has 1 nitrogen and oxygen atoms in total. The molecule has 64 valence electrons. The lowest BCUT2D eigenvalue weighted by Gasteiger charge is -2.12. The fourth-order valence-corrected chi connectivity index (χ4v) is 1.41. The average Bonchev–Trinajstić information content (AvgIpc) is 2.03. The molecule has 0 unspecified atom stereocenters. The summed E-state index contributed by atoms with van der Waals surface area (Å²) in [6, 6.07) is 0. The van der Waals surface area contributed by atoms with Crippen LogP contribution in [0.2, 0.25) is 0 Å². The molecule has 1 N–H and O–H groups in total. The van der Waals surface area contributed by atoms with E-state index in [9.17, 15) is 0 Å². The minimum absolute atomic E-state index is 0.845. The maximum absolute atomic E-state index is 3.47. The fraction of sp³-hybridized carbons (Fsp3) is 0.800. The molecule has 0 aromatic carbocycles. The van der Waals surface area contributed by atoms with Crippen molar-refractivity contribution in [3.63, 3.8) is 0 Å². The van der Waals surface area contributed by atoms with Crippen molar-refractivity contribution in [3.05, 3.63) is 12.2 Å². The molecule has 1 heteroatoms. The molecule has 1 aliphatic heterocycles. The summed E-state index contributed by atoms with van der Waals surface area (Å²) in [6.45, 7) is 4.71. The highest BCUT2D eigenvalue weighted by Gasteiger charge is 2.00. The van der Waals surface area contributed by atoms with Crippen molar-refractivity contribution in [1.82, 2.24) is 5.32 Å². The van der Waals surface area contributed by atoms with Gasteiger partial charge in [0.05, 0.1) is 0 Å². The van der Waals surface area contributed by atoms with Crippen LogP contribution in [0.1, 0.15) is 32.6 Å². The number of nitrogens with one attached hydrogen (secondary N) is 1. The third-order valence-electron chi connectivity index (χ3n) is 2.21. The zero-order valence-electron chi connectivity index (χ0n) is 7.47. The molecule has 1 heterocycles. The summed E-state index contributed by atoms with van der Waals surface area (Å²) in [7, 11) is 0. The third-order valence-corrected chi connectivity index (χ3v) is 2.21. The smallest absolute Gasteiger partial charge is 0.00230 e. The van der Waals surface area contributed by atoms with E-state index < -0.39 is 0 Å². The van der Waals surface area contributed by atoms with Gasteiger partial charge in [-0.3, -0.25) is 0 Å². The Balaban J connectivity index is 2.24. The third kappa shape index (κ3) is 4.20. The van der Waals surface area contributed by atoms with Crippen LogP contribution in [0.3, 0.4) is 0 Å². The molecule has 0 fully saturated rings. The van der Waals surface area contributed by atoms with Crippen LogP contribution in [0.15, 0.2) is 12.2 Å². The Kier molecular flexibility index (Phi) is 4.29. The van der Waals surface area contributed by atoms with Crippen LogP contribution in [0.4, 0.5) is 0 Å². The molecule has 1 aliphatic rings. The second-order valence-corrected chi connectivity index (χ2v) is 3.50. The Morgan fingerprint density at radius 3 is 3.00 bits per heavy atom. The van der Waals surface area contributed by atoms with Crippen molar-refractivity contribution in [1.29, 1.82) is 0 Å². The molecule has 1 atom stereocenters. The second kappa shape index (κ2) is 5.36. The molecular formula is C10H19N. The van der Waals surface area contributed by atoms with Gasteiger partial charge >= 0.3 is 0 Å². The number of rotatable bonds is 0. The molecule has 0 radical (unpaired) electrons. The molecule has 0 aliphatic carbocycles. The average molecular weight is 153 g/mol. The summed E-state index contributed by atoms with van der Waals surface area (Å²) >= 11 is 0. The van der Waals surface area contributed by atoms with Gasteiger partial charge in [0.25, 0.3) is 0 Å². The van der Waals surface area contributed by atoms with E-state index in [4.69, 9.17) is 0 Å². The van der Waals surface area contributed by atoms with Crippen LogP contribution in [0, 0.1) is 5.92 Å². The first kappa shape index (κ1) is 8.79. The zero-order valence-corrected chi connectivity index (χ0v) is 7.47. The lowest BCUT2D eigenvalue weighted by Crippen LogP contribution is -2.22. The molecule has 0 aromatic rings. The summed E-state index contributed by atoms with van der Waals surface area (Å²) in [5.74, 6) is 0.845. The van der Waals surface area contributed by atoms with E-state index >= 15 is 0 Å². The monoisotopic (exact) mass is 153 g/mol. The molecule has 0 saturated carbocycles. The first-order valence-corrected chi connectivity index (χ1v) is 4.75. The number of hydrogen-bond acceptors (Lipinski definition) is 1. The van der Waals surface area contributed by atoms with Crippen LogP contribution < -0.4 is 5.32 Å². The van der Waals surface area contributed by atoms with E-state index in [0.717, 1.165) is 5.92 Å².